The van der Waals surface area contributed by atoms with E-state index in [1.54, 1.807) is 8.61 Å². The molecule has 0 aromatic rings. The van der Waals surface area contributed by atoms with E-state index in [0.29, 0.717) is 44.9 Å². The van der Waals surface area contributed by atoms with Crippen molar-refractivity contribution in [3.8, 4) is 0 Å². The highest BCUT2D eigenvalue weighted by Gasteiger charge is 2.39. The molecule has 2 aliphatic rings. The number of hydrogen-bond donors (Lipinski definition) is 2. The highest BCUT2D eigenvalue weighted by molar-refractivity contribution is 7.86. The molecule has 0 aliphatic carbocycles. The smallest absolute Gasteiger partial charge is 0.281 e. The van der Waals surface area contributed by atoms with Crippen LogP contribution in [0.25, 0.3) is 0 Å². The zero-order valence-electron chi connectivity index (χ0n) is 12.4. The van der Waals surface area contributed by atoms with Crippen LogP contribution in [0, 0.1) is 16.7 Å². The van der Waals surface area contributed by atoms with E-state index < -0.39 is 10.2 Å². The normalized spacial score (nSPS) is 29.2. The van der Waals surface area contributed by atoms with Crippen LogP contribution < -0.4 is 5.73 Å². The molecule has 2 saturated heterocycles. The second-order valence-electron chi connectivity index (χ2n) is 6.49. The van der Waals surface area contributed by atoms with E-state index in [4.69, 9.17) is 11.1 Å². The van der Waals surface area contributed by atoms with Gasteiger partial charge in [0.15, 0.2) is 0 Å². The topological polar surface area (TPSA) is 90.5 Å². The number of piperidine rings is 2. The van der Waals surface area contributed by atoms with Crippen molar-refractivity contribution in [2.45, 2.75) is 39.5 Å². The molecular weight excluding hydrogens is 276 g/mol. The molecule has 1 atom stereocenters. The zero-order chi connectivity index (χ0) is 15.0. The molecule has 2 rings (SSSR count). The van der Waals surface area contributed by atoms with E-state index in [1.807, 2.05) is 6.92 Å². The largest absolute Gasteiger partial charge is 0.387 e. The van der Waals surface area contributed by atoms with E-state index in [9.17, 15) is 8.42 Å². The lowest BCUT2D eigenvalue weighted by Gasteiger charge is -2.41. The second kappa shape index (κ2) is 5.61. The third-order valence-corrected chi connectivity index (χ3v) is 6.75. The Hall–Kier alpha value is -0.660. The minimum absolute atomic E-state index is 0.168. The van der Waals surface area contributed by atoms with Crippen LogP contribution in [0.4, 0.5) is 0 Å². The van der Waals surface area contributed by atoms with E-state index >= 15 is 0 Å². The van der Waals surface area contributed by atoms with Crippen LogP contribution in [-0.4, -0.2) is 49.0 Å². The first-order valence-electron chi connectivity index (χ1n) is 7.35. The number of rotatable bonds is 3. The van der Waals surface area contributed by atoms with Crippen molar-refractivity contribution in [3.05, 3.63) is 0 Å². The van der Waals surface area contributed by atoms with E-state index in [0.717, 1.165) is 12.8 Å². The Labute approximate surface area is 122 Å². The van der Waals surface area contributed by atoms with Crippen molar-refractivity contribution in [2.24, 2.45) is 17.1 Å². The van der Waals surface area contributed by atoms with Crippen LogP contribution in [0.3, 0.4) is 0 Å². The van der Waals surface area contributed by atoms with Gasteiger partial charge in [-0.2, -0.15) is 17.0 Å². The maximum Gasteiger partial charge on any atom is 0.281 e. The van der Waals surface area contributed by atoms with E-state index in [2.05, 4.69) is 6.92 Å². The Bertz CT molecular complexity index is 469. The fraction of sp³-hybridized carbons (Fsp3) is 0.923. The summed E-state index contributed by atoms with van der Waals surface area (Å²) in [6.07, 6.45) is 3.31. The molecule has 3 N–H and O–H groups in total. The summed E-state index contributed by atoms with van der Waals surface area (Å²) in [6.45, 7) is 6.23. The van der Waals surface area contributed by atoms with Gasteiger partial charge in [0.2, 0.25) is 0 Å². The van der Waals surface area contributed by atoms with Crippen molar-refractivity contribution >= 4 is 16.0 Å². The van der Waals surface area contributed by atoms with Gasteiger partial charge in [-0.05, 0) is 31.6 Å². The molecule has 0 bridgehead atoms. The number of nitrogens with one attached hydrogen (secondary N) is 1. The fourth-order valence-electron chi connectivity index (χ4n) is 3.00. The molecule has 0 amide bonds. The highest BCUT2D eigenvalue weighted by atomic mass is 32.2. The van der Waals surface area contributed by atoms with Gasteiger partial charge in [-0.1, -0.05) is 13.8 Å². The van der Waals surface area contributed by atoms with Gasteiger partial charge in [-0.3, -0.25) is 5.41 Å². The second-order valence-corrected chi connectivity index (χ2v) is 8.42. The quantitative estimate of drug-likeness (QED) is 0.602. The summed E-state index contributed by atoms with van der Waals surface area (Å²) in [4.78, 5) is 0. The van der Waals surface area contributed by atoms with Gasteiger partial charge in [-0.25, -0.2) is 0 Å². The van der Waals surface area contributed by atoms with Crippen LogP contribution in [0.5, 0.6) is 0 Å². The lowest BCUT2D eigenvalue weighted by atomic mass is 9.80. The van der Waals surface area contributed by atoms with Gasteiger partial charge in [0.1, 0.15) is 0 Å². The summed E-state index contributed by atoms with van der Waals surface area (Å²) >= 11 is 0. The van der Waals surface area contributed by atoms with Crippen LogP contribution in [-0.2, 0) is 10.2 Å². The summed E-state index contributed by atoms with van der Waals surface area (Å²) in [5.74, 6) is 0.604. The van der Waals surface area contributed by atoms with Gasteiger partial charge >= 0.3 is 0 Å². The maximum absolute atomic E-state index is 12.6. The molecule has 20 heavy (non-hydrogen) atoms. The van der Waals surface area contributed by atoms with Gasteiger partial charge in [0.05, 0.1) is 5.84 Å². The van der Waals surface area contributed by atoms with Gasteiger partial charge in [0, 0.05) is 31.6 Å². The van der Waals surface area contributed by atoms with Crippen LogP contribution in [0.2, 0.25) is 0 Å². The summed E-state index contributed by atoms with van der Waals surface area (Å²) in [5, 5.41) is 7.63. The Morgan fingerprint density at radius 1 is 1.25 bits per heavy atom. The summed E-state index contributed by atoms with van der Waals surface area (Å²) < 4.78 is 28.5. The SMILES string of the molecule is CC1CCCN(S(=O)(=O)N2CCC(C)(C(=N)N)CC2)C1. The average Bonchev–Trinajstić information content (AvgIpc) is 2.39. The number of hydrogen-bond acceptors (Lipinski definition) is 3. The van der Waals surface area contributed by atoms with Crippen molar-refractivity contribution in [1.29, 1.82) is 5.41 Å². The highest BCUT2D eigenvalue weighted by Crippen LogP contribution is 2.32. The van der Waals surface area contributed by atoms with Crippen molar-refractivity contribution in [1.82, 2.24) is 8.61 Å². The number of nitrogens with zero attached hydrogens (tertiary/aromatic N) is 2. The first-order valence-corrected chi connectivity index (χ1v) is 8.75. The molecule has 0 radical (unpaired) electrons. The molecule has 6 nitrogen and oxygen atoms in total. The first-order chi connectivity index (χ1) is 9.25. The van der Waals surface area contributed by atoms with Crippen LogP contribution in [0.15, 0.2) is 0 Å². The predicted molar refractivity (Wildman–Crippen MR) is 79.7 cm³/mol. The molecule has 0 aromatic heterocycles. The fourth-order valence-corrected chi connectivity index (χ4v) is 4.77. The number of nitrogens with two attached hydrogens (primary N) is 1. The maximum atomic E-state index is 12.6. The molecule has 7 heteroatoms. The molecule has 2 heterocycles. The molecule has 0 saturated carbocycles. The lowest BCUT2D eigenvalue weighted by Crippen LogP contribution is -2.52. The lowest BCUT2D eigenvalue weighted by molar-refractivity contribution is 0.210. The van der Waals surface area contributed by atoms with Crippen molar-refractivity contribution in [3.63, 3.8) is 0 Å². The Balaban J connectivity index is 2.03. The summed E-state index contributed by atoms with van der Waals surface area (Å²) in [5.41, 5.74) is 5.28. The third-order valence-electron chi connectivity index (χ3n) is 4.75. The molecule has 0 spiro atoms. The number of amidine groups is 1. The standard InChI is InChI=1S/C13H26N4O2S/c1-11-4-3-7-17(10-11)20(18,19)16-8-5-13(2,6-9-16)12(14)15/h11H,3-10H2,1-2H3,(H3,14,15). The van der Waals surface area contributed by atoms with Gasteiger partial charge in [-0.15, -0.1) is 0 Å². The van der Waals surface area contributed by atoms with Crippen LogP contribution in [0.1, 0.15) is 39.5 Å². The molecule has 1 unspecified atom stereocenters. The predicted octanol–water partition coefficient (Wildman–Crippen LogP) is 1.00. The average molecular weight is 302 g/mol. The van der Waals surface area contributed by atoms with Gasteiger partial charge < -0.3 is 5.73 Å². The minimum atomic E-state index is -3.34. The monoisotopic (exact) mass is 302 g/mol. The van der Waals surface area contributed by atoms with Crippen LogP contribution >= 0.6 is 0 Å². The van der Waals surface area contributed by atoms with Crippen molar-refractivity contribution < 1.29 is 8.42 Å². The molecule has 116 valence electrons. The Kier molecular flexibility index (Phi) is 4.41. The van der Waals surface area contributed by atoms with Crippen molar-refractivity contribution in [2.75, 3.05) is 26.2 Å². The summed E-state index contributed by atoms with van der Waals surface area (Å²) in [6, 6.07) is 0. The molecule has 2 aliphatic heterocycles. The molecule has 0 aromatic carbocycles. The third kappa shape index (κ3) is 2.99. The van der Waals surface area contributed by atoms with Gasteiger partial charge in [0.25, 0.3) is 10.2 Å². The first kappa shape index (κ1) is 15.7. The van der Waals surface area contributed by atoms with E-state index in [-0.39, 0.29) is 11.3 Å². The zero-order valence-corrected chi connectivity index (χ0v) is 13.2. The van der Waals surface area contributed by atoms with E-state index in [1.165, 1.54) is 0 Å². The molecule has 2 fully saturated rings. The molecular formula is C13H26N4O2S. The minimum Gasteiger partial charge on any atom is -0.387 e. The Morgan fingerprint density at radius 2 is 1.85 bits per heavy atom. The Morgan fingerprint density at radius 3 is 2.35 bits per heavy atom. The summed E-state index contributed by atoms with van der Waals surface area (Å²) in [7, 11) is -3.34.